The number of ether oxygens (including phenoxy) is 2. The molecule has 4 N–H and O–H groups in total. The Kier molecular flexibility index (Phi) is 9.24. The third-order valence-electron chi connectivity index (χ3n) is 5.34. The van der Waals surface area contributed by atoms with Gasteiger partial charge in [-0.1, -0.05) is 72.8 Å². The summed E-state index contributed by atoms with van der Waals surface area (Å²) in [6.07, 6.45) is -0.361. The number of benzene rings is 3. The van der Waals surface area contributed by atoms with E-state index in [1.54, 1.807) is 25.3 Å². The molecule has 0 unspecified atom stereocenters. The molecular formula is C27H29N3O5. The summed E-state index contributed by atoms with van der Waals surface area (Å²) in [4.78, 5) is 37.8. The van der Waals surface area contributed by atoms with Crippen LogP contribution in [0.4, 0.5) is 4.79 Å². The van der Waals surface area contributed by atoms with Crippen LogP contribution in [0.3, 0.4) is 0 Å². The average molecular weight is 476 g/mol. The molecule has 0 saturated heterocycles. The number of amides is 3. The number of methoxy groups -OCH3 is 1. The molecule has 2 atom stereocenters. The molecule has 3 aromatic carbocycles. The van der Waals surface area contributed by atoms with Crippen molar-refractivity contribution in [1.82, 2.24) is 10.6 Å². The van der Waals surface area contributed by atoms with Crippen molar-refractivity contribution < 1.29 is 23.9 Å². The SMILES string of the molecule is COc1cccc(C[C@@H](NC(=O)[C@H](Cc2ccccc2)NC(=O)OCc2ccccc2)C(N)=O)c1. The number of rotatable bonds is 11. The topological polar surface area (TPSA) is 120 Å². The van der Waals surface area contributed by atoms with Crippen molar-refractivity contribution in [2.45, 2.75) is 31.5 Å². The van der Waals surface area contributed by atoms with Gasteiger partial charge in [-0.25, -0.2) is 4.79 Å². The van der Waals surface area contributed by atoms with Gasteiger partial charge >= 0.3 is 6.09 Å². The van der Waals surface area contributed by atoms with E-state index in [9.17, 15) is 14.4 Å². The molecule has 0 aliphatic rings. The lowest BCUT2D eigenvalue weighted by molar-refractivity contribution is -0.128. The summed E-state index contributed by atoms with van der Waals surface area (Å²) in [6.45, 7) is 0.0616. The van der Waals surface area contributed by atoms with Gasteiger partial charge < -0.3 is 25.8 Å². The van der Waals surface area contributed by atoms with Gasteiger partial charge in [-0.15, -0.1) is 0 Å². The zero-order valence-corrected chi connectivity index (χ0v) is 19.5. The van der Waals surface area contributed by atoms with E-state index in [0.29, 0.717) is 5.75 Å². The standard InChI is InChI=1S/C27H29N3O5/c1-34-22-14-8-13-21(15-22)17-23(25(28)31)29-26(32)24(16-19-9-4-2-5-10-19)30-27(33)35-18-20-11-6-3-7-12-20/h2-15,23-24H,16-18H2,1H3,(H2,28,31)(H,29,32)(H,30,33)/t23-,24+/m1/s1. The summed E-state index contributed by atoms with van der Waals surface area (Å²) < 4.78 is 10.5. The maximum absolute atomic E-state index is 13.2. The molecule has 0 bridgehead atoms. The first-order valence-electron chi connectivity index (χ1n) is 11.2. The highest BCUT2D eigenvalue weighted by atomic mass is 16.5. The highest BCUT2D eigenvalue weighted by molar-refractivity contribution is 5.91. The average Bonchev–Trinajstić information content (AvgIpc) is 2.88. The molecule has 35 heavy (non-hydrogen) atoms. The number of carbonyl (C=O) groups is 3. The normalized spacial score (nSPS) is 12.1. The van der Waals surface area contributed by atoms with Gasteiger partial charge in [0.2, 0.25) is 11.8 Å². The Balaban J connectivity index is 1.69. The van der Waals surface area contributed by atoms with Crippen LogP contribution in [0, 0.1) is 0 Å². The Hall–Kier alpha value is -4.33. The molecule has 3 amide bonds. The number of hydrogen-bond donors (Lipinski definition) is 3. The molecule has 8 heteroatoms. The quantitative estimate of drug-likeness (QED) is 0.394. The van der Waals surface area contributed by atoms with Crippen LogP contribution in [0.15, 0.2) is 84.9 Å². The lowest BCUT2D eigenvalue weighted by atomic mass is 10.0. The van der Waals surface area contributed by atoms with Crippen LogP contribution in [-0.2, 0) is 33.8 Å². The second kappa shape index (κ2) is 12.8. The smallest absolute Gasteiger partial charge is 0.408 e. The van der Waals surface area contributed by atoms with E-state index in [1.807, 2.05) is 66.7 Å². The molecule has 0 fully saturated rings. The fourth-order valence-corrected chi connectivity index (χ4v) is 3.50. The molecular weight excluding hydrogens is 446 g/mol. The summed E-state index contributed by atoms with van der Waals surface area (Å²) >= 11 is 0. The molecule has 3 aromatic rings. The summed E-state index contributed by atoms with van der Waals surface area (Å²) in [5.74, 6) is -0.606. The van der Waals surface area contributed by atoms with E-state index in [2.05, 4.69) is 10.6 Å². The second-order valence-corrected chi connectivity index (χ2v) is 7.97. The molecule has 0 aliphatic carbocycles. The molecule has 182 valence electrons. The minimum Gasteiger partial charge on any atom is -0.497 e. The van der Waals surface area contributed by atoms with Gasteiger partial charge in [0, 0.05) is 12.8 Å². The highest BCUT2D eigenvalue weighted by Gasteiger charge is 2.27. The Morgan fingerprint density at radius 3 is 2.00 bits per heavy atom. The van der Waals surface area contributed by atoms with E-state index in [0.717, 1.165) is 16.7 Å². The Labute approximate surface area is 204 Å². The largest absolute Gasteiger partial charge is 0.497 e. The first kappa shape index (κ1) is 25.3. The first-order valence-corrected chi connectivity index (χ1v) is 11.2. The van der Waals surface area contributed by atoms with Gasteiger partial charge in [-0.05, 0) is 28.8 Å². The highest BCUT2D eigenvalue weighted by Crippen LogP contribution is 2.14. The fraction of sp³-hybridized carbons (Fsp3) is 0.222. The molecule has 0 spiro atoms. The number of carbonyl (C=O) groups excluding carboxylic acids is 3. The van der Waals surface area contributed by atoms with E-state index in [-0.39, 0.29) is 19.4 Å². The van der Waals surface area contributed by atoms with E-state index in [1.165, 1.54) is 0 Å². The minimum absolute atomic E-state index is 0.0616. The number of nitrogens with two attached hydrogens (primary N) is 1. The maximum atomic E-state index is 13.2. The molecule has 0 saturated carbocycles. The van der Waals surface area contributed by atoms with Gasteiger partial charge in [-0.3, -0.25) is 9.59 Å². The number of nitrogens with one attached hydrogen (secondary N) is 2. The zero-order valence-electron chi connectivity index (χ0n) is 19.5. The Morgan fingerprint density at radius 1 is 0.771 bits per heavy atom. The summed E-state index contributed by atoms with van der Waals surface area (Å²) in [6, 6.07) is 23.6. The third-order valence-corrected chi connectivity index (χ3v) is 5.34. The molecule has 0 radical (unpaired) electrons. The lowest BCUT2D eigenvalue weighted by Gasteiger charge is -2.22. The molecule has 8 nitrogen and oxygen atoms in total. The minimum atomic E-state index is -0.979. The van der Waals surface area contributed by atoms with E-state index in [4.69, 9.17) is 15.2 Å². The van der Waals surface area contributed by atoms with Gasteiger partial charge in [0.15, 0.2) is 0 Å². The predicted octanol–water partition coefficient (Wildman–Crippen LogP) is 2.75. The summed E-state index contributed by atoms with van der Waals surface area (Å²) in [5.41, 5.74) is 7.99. The maximum Gasteiger partial charge on any atom is 0.408 e. The molecule has 3 rings (SSSR count). The van der Waals surface area contributed by atoms with Gasteiger partial charge in [0.25, 0.3) is 0 Å². The number of alkyl carbamates (subject to hydrolysis) is 1. The molecule has 0 heterocycles. The van der Waals surface area contributed by atoms with Crippen LogP contribution in [-0.4, -0.2) is 37.1 Å². The van der Waals surface area contributed by atoms with Crippen molar-refractivity contribution in [2.75, 3.05) is 7.11 Å². The van der Waals surface area contributed by atoms with Gasteiger partial charge in [0.1, 0.15) is 24.4 Å². The van der Waals surface area contributed by atoms with Crippen molar-refractivity contribution >= 4 is 17.9 Å². The van der Waals surface area contributed by atoms with Crippen LogP contribution in [0.25, 0.3) is 0 Å². The first-order chi connectivity index (χ1) is 16.9. The van der Waals surface area contributed by atoms with Crippen LogP contribution in [0.5, 0.6) is 5.75 Å². The van der Waals surface area contributed by atoms with Crippen molar-refractivity contribution in [3.63, 3.8) is 0 Å². The van der Waals surface area contributed by atoms with Crippen molar-refractivity contribution in [2.24, 2.45) is 5.73 Å². The van der Waals surface area contributed by atoms with Crippen molar-refractivity contribution in [3.8, 4) is 5.75 Å². The van der Waals surface area contributed by atoms with E-state index < -0.39 is 30.0 Å². The van der Waals surface area contributed by atoms with Crippen LogP contribution in [0.1, 0.15) is 16.7 Å². The molecule has 0 aliphatic heterocycles. The predicted molar refractivity (Wildman–Crippen MR) is 132 cm³/mol. The fourth-order valence-electron chi connectivity index (χ4n) is 3.50. The van der Waals surface area contributed by atoms with Crippen molar-refractivity contribution in [3.05, 3.63) is 102 Å². The van der Waals surface area contributed by atoms with Crippen LogP contribution < -0.4 is 21.1 Å². The Morgan fingerprint density at radius 2 is 1.37 bits per heavy atom. The zero-order chi connectivity index (χ0) is 25.0. The molecule has 0 aromatic heterocycles. The van der Waals surface area contributed by atoms with Crippen molar-refractivity contribution in [1.29, 1.82) is 0 Å². The van der Waals surface area contributed by atoms with Gasteiger partial charge in [-0.2, -0.15) is 0 Å². The summed E-state index contributed by atoms with van der Waals surface area (Å²) in [5, 5.41) is 5.29. The van der Waals surface area contributed by atoms with E-state index >= 15 is 0 Å². The number of hydrogen-bond acceptors (Lipinski definition) is 5. The lowest BCUT2D eigenvalue weighted by Crippen LogP contribution is -2.54. The third kappa shape index (κ3) is 8.19. The van der Waals surface area contributed by atoms with Gasteiger partial charge in [0.05, 0.1) is 7.11 Å². The summed E-state index contributed by atoms with van der Waals surface area (Å²) in [7, 11) is 1.54. The monoisotopic (exact) mass is 475 g/mol. The number of primary amides is 1. The van der Waals surface area contributed by atoms with Crippen LogP contribution in [0.2, 0.25) is 0 Å². The second-order valence-electron chi connectivity index (χ2n) is 7.97. The van der Waals surface area contributed by atoms with Crippen LogP contribution >= 0.6 is 0 Å². The Bertz CT molecular complexity index is 1120.